The highest BCUT2D eigenvalue weighted by molar-refractivity contribution is 7.89. The Bertz CT molecular complexity index is 877. The van der Waals surface area contributed by atoms with Gasteiger partial charge in [-0.15, -0.1) is 0 Å². The first kappa shape index (κ1) is 21.0. The number of sulfonamides is 1. The number of hydrogen-bond acceptors (Lipinski definition) is 5. The molecule has 0 amide bonds. The molecule has 0 aliphatic heterocycles. The van der Waals surface area contributed by atoms with E-state index in [9.17, 15) is 8.42 Å². The van der Waals surface area contributed by atoms with Crippen LogP contribution in [0.4, 0.5) is 0 Å². The Labute approximate surface area is 161 Å². The van der Waals surface area contributed by atoms with Gasteiger partial charge in [0, 0.05) is 6.54 Å². The lowest BCUT2D eigenvalue weighted by atomic mass is 10.1. The summed E-state index contributed by atoms with van der Waals surface area (Å²) in [5.41, 5.74) is 3.06. The Morgan fingerprint density at radius 3 is 2.37 bits per heavy atom. The maximum Gasteiger partial charge on any atom is 0.238 e. The lowest BCUT2D eigenvalue weighted by Gasteiger charge is -2.13. The van der Waals surface area contributed by atoms with Gasteiger partial charge in [-0.05, 0) is 60.9 Å². The van der Waals surface area contributed by atoms with E-state index in [1.807, 2.05) is 25.1 Å². The van der Waals surface area contributed by atoms with Crippen LogP contribution in [0.25, 0.3) is 0 Å². The van der Waals surface area contributed by atoms with E-state index in [1.54, 1.807) is 19.2 Å². The summed E-state index contributed by atoms with van der Waals surface area (Å²) in [5, 5.41) is 8.47. The monoisotopic (exact) mass is 390 g/mol. The molecule has 0 unspecified atom stereocenters. The van der Waals surface area contributed by atoms with Gasteiger partial charge in [-0.25, -0.2) is 13.6 Å². The van der Waals surface area contributed by atoms with E-state index in [0.29, 0.717) is 24.7 Å². The van der Waals surface area contributed by atoms with E-state index in [1.165, 1.54) is 12.1 Å². The first-order valence-electron chi connectivity index (χ1n) is 8.56. The smallest absolute Gasteiger partial charge is 0.238 e. The molecule has 0 fully saturated rings. The molecule has 0 aromatic heterocycles. The van der Waals surface area contributed by atoms with Crippen molar-refractivity contribution in [1.82, 2.24) is 5.32 Å². The van der Waals surface area contributed by atoms with Crippen molar-refractivity contribution >= 4 is 10.0 Å². The van der Waals surface area contributed by atoms with Crippen molar-refractivity contribution < 1.29 is 17.9 Å². The molecule has 0 saturated heterocycles. The van der Waals surface area contributed by atoms with E-state index >= 15 is 0 Å². The molecule has 2 aromatic rings. The third kappa shape index (κ3) is 6.71. The number of nitrogens with two attached hydrogens (primary N) is 1. The minimum absolute atomic E-state index is 0.125. The highest BCUT2D eigenvalue weighted by Crippen LogP contribution is 2.28. The Morgan fingerprint density at radius 2 is 1.78 bits per heavy atom. The SMILES string of the molecule is C=C(C)COc1cc(CNCCc2ccc(S(N)(=O)=O)cc2)ccc1OC. The normalized spacial score (nSPS) is 11.2. The molecule has 7 heteroatoms. The molecular formula is C20H26N2O4S. The van der Waals surface area contributed by atoms with Crippen LogP contribution in [0, 0.1) is 0 Å². The maximum absolute atomic E-state index is 11.3. The number of methoxy groups -OCH3 is 1. The summed E-state index contributed by atoms with van der Waals surface area (Å²) in [4.78, 5) is 0.125. The van der Waals surface area contributed by atoms with Crippen LogP contribution in [-0.2, 0) is 23.0 Å². The predicted molar refractivity (Wildman–Crippen MR) is 107 cm³/mol. The van der Waals surface area contributed by atoms with E-state index in [4.69, 9.17) is 14.6 Å². The molecule has 0 heterocycles. The summed E-state index contributed by atoms with van der Waals surface area (Å²) in [6.07, 6.45) is 0.778. The van der Waals surface area contributed by atoms with E-state index in [2.05, 4.69) is 11.9 Å². The minimum Gasteiger partial charge on any atom is -0.493 e. The third-order valence-corrected chi connectivity index (χ3v) is 4.80. The Morgan fingerprint density at radius 1 is 1.11 bits per heavy atom. The van der Waals surface area contributed by atoms with Gasteiger partial charge in [-0.1, -0.05) is 24.8 Å². The number of nitrogens with one attached hydrogen (secondary N) is 1. The van der Waals surface area contributed by atoms with Gasteiger partial charge < -0.3 is 14.8 Å². The Kier molecular flexibility index (Phi) is 7.41. The molecule has 2 aromatic carbocycles. The van der Waals surface area contributed by atoms with Crippen LogP contribution in [0.3, 0.4) is 0 Å². The minimum atomic E-state index is -3.64. The molecule has 0 aliphatic rings. The maximum atomic E-state index is 11.3. The van der Waals surface area contributed by atoms with Gasteiger partial charge in [-0.3, -0.25) is 0 Å². The van der Waals surface area contributed by atoms with Crippen molar-refractivity contribution in [2.24, 2.45) is 5.14 Å². The van der Waals surface area contributed by atoms with Crippen molar-refractivity contribution in [3.05, 3.63) is 65.7 Å². The molecule has 0 aliphatic carbocycles. The highest BCUT2D eigenvalue weighted by atomic mass is 32.2. The van der Waals surface area contributed by atoms with Gasteiger partial charge in [0.2, 0.25) is 10.0 Å². The number of ether oxygens (including phenoxy) is 2. The van der Waals surface area contributed by atoms with Crippen LogP contribution >= 0.6 is 0 Å². The molecule has 0 saturated carbocycles. The molecule has 0 bridgehead atoms. The van der Waals surface area contributed by atoms with Crippen molar-refractivity contribution in [2.45, 2.75) is 24.8 Å². The summed E-state index contributed by atoms with van der Waals surface area (Å²) in [5.74, 6) is 1.38. The molecular weight excluding hydrogens is 364 g/mol. The van der Waals surface area contributed by atoms with Crippen molar-refractivity contribution in [3.8, 4) is 11.5 Å². The third-order valence-electron chi connectivity index (χ3n) is 3.87. The van der Waals surface area contributed by atoms with Crippen LogP contribution < -0.4 is 19.9 Å². The number of benzene rings is 2. The first-order valence-corrected chi connectivity index (χ1v) is 10.1. The van der Waals surface area contributed by atoms with Crippen molar-refractivity contribution in [2.75, 3.05) is 20.3 Å². The summed E-state index contributed by atoms with van der Waals surface area (Å²) in [7, 11) is -2.03. The average Bonchev–Trinajstić information content (AvgIpc) is 2.63. The van der Waals surface area contributed by atoms with Gasteiger partial charge in [0.05, 0.1) is 12.0 Å². The van der Waals surface area contributed by atoms with E-state index in [0.717, 1.165) is 29.7 Å². The number of primary sulfonamides is 1. The summed E-state index contributed by atoms with van der Waals surface area (Å²) >= 11 is 0. The average molecular weight is 391 g/mol. The highest BCUT2D eigenvalue weighted by Gasteiger charge is 2.07. The fraction of sp³-hybridized carbons (Fsp3) is 0.300. The van der Waals surface area contributed by atoms with Crippen LogP contribution in [-0.4, -0.2) is 28.7 Å². The standard InChI is InChI=1S/C20H26N2O4S/c1-15(2)14-26-20-12-17(6-9-19(20)25-3)13-22-11-10-16-4-7-18(8-5-16)27(21,23)24/h4-9,12,22H,1,10-11,13-14H2,2-3H3,(H2,21,23,24). The molecule has 0 atom stereocenters. The Hall–Kier alpha value is -2.35. The predicted octanol–water partition coefficient (Wildman–Crippen LogP) is 2.63. The van der Waals surface area contributed by atoms with Crippen molar-refractivity contribution in [1.29, 1.82) is 0 Å². The van der Waals surface area contributed by atoms with Crippen molar-refractivity contribution in [3.63, 3.8) is 0 Å². The van der Waals surface area contributed by atoms with E-state index in [-0.39, 0.29) is 4.90 Å². The summed E-state index contributed by atoms with van der Waals surface area (Å²) in [6.45, 7) is 7.63. The molecule has 146 valence electrons. The lowest BCUT2D eigenvalue weighted by molar-refractivity contribution is 0.319. The van der Waals surface area contributed by atoms with E-state index < -0.39 is 10.0 Å². The Balaban J connectivity index is 1.87. The quantitative estimate of drug-likeness (QED) is 0.481. The lowest BCUT2D eigenvalue weighted by Crippen LogP contribution is -2.17. The van der Waals surface area contributed by atoms with Gasteiger partial charge >= 0.3 is 0 Å². The van der Waals surface area contributed by atoms with Gasteiger partial charge in [-0.2, -0.15) is 0 Å². The van der Waals surface area contributed by atoms with Gasteiger partial charge in [0.25, 0.3) is 0 Å². The van der Waals surface area contributed by atoms with Crippen LogP contribution in [0.5, 0.6) is 11.5 Å². The second-order valence-corrected chi connectivity index (χ2v) is 7.91. The first-order chi connectivity index (χ1) is 12.8. The fourth-order valence-electron chi connectivity index (χ4n) is 2.46. The zero-order chi connectivity index (χ0) is 19.9. The van der Waals surface area contributed by atoms with Gasteiger partial charge in [0.1, 0.15) is 6.61 Å². The molecule has 3 N–H and O–H groups in total. The second kappa shape index (κ2) is 9.55. The zero-order valence-electron chi connectivity index (χ0n) is 15.7. The molecule has 27 heavy (non-hydrogen) atoms. The molecule has 0 spiro atoms. The summed E-state index contributed by atoms with van der Waals surface area (Å²) in [6, 6.07) is 12.4. The molecule has 2 rings (SSSR count). The van der Waals surface area contributed by atoms with Crippen LogP contribution in [0.1, 0.15) is 18.1 Å². The zero-order valence-corrected chi connectivity index (χ0v) is 16.5. The number of rotatable bonds is 10. The van der Waals surface area contributed by atoms with Gasteiger partial charge in [0.15, 0.2) is 11.5 Å². The number of hydrogen-bond donors (Lipinski definition) is 2. The summed E-state index contributed by atoms with van der Waals surface area (Å²) < 4.78 is 33.6. The molecule has 6 nitrogen and oxygen atoms in total. The van der Waals surface area contributed by atoms with Crippen LogP contribution in [0.15, 0.2) is 59.5 Å². The van der Waals surface area contributed by atoms with Crippen LogP contribution in [0.2, 0.25) is 0 Å². The fourth-order valence-corrected chi connectivity index (χ4v) is 2.97. The molecule has 0 radical (unpaired) electrons. The second-order valence-electron chi connectivity index (χ2n) is 6.35. The topological polar surface area (TPSA) is 90.6 Å². The largest absolute Gasteiger partial charge is 0.493 e.